The molecule has 0 aliphatic carbocycles. The van der Waals surface area contributed by atoms with Crippen molar-refractivity contribution < 1.29 is 4.74 Å². The average Bonchev–Trinajstić information content (AvgIpc) is 1.93. The van der Waals surface area contributed by atoms with E-state index in [4.69, 9.17) is 4.74 Å². The van der Waals surface area contributed by atoms with E-state index in [0.717, 1.165) is 24.4 Å². The third-order valence-electron chi connectivity index (χ3n) is 3.09. The van der Waals surface area contributed by atoms with Gasteiger partial charge < -0.3 is 4.74 Å². The Labute approximate surface area is 63.8 Å². The van der Waals surface area contributed by atoms with E-state index in [1.807, 2.05) is 0 Å². The molecule has 0 amide bonds. The molecule has 2 unspecified atom stereocenters. The predicted molar refractivity (Wildman–Crippen MR) is 42.9 cm³/mol. The Hall–Kier alpha value is -0.0400. The minimum atomic E-state index is 0.464. The zero-order chi connectivity index (χ0) is 7.72. The normalized spacial score (nSPS) is 49.2. The summed E-state index contributed by atoms with van der Waals surface area (Å²) >= 11 is 0. The number of rotatable bonds is 0. The van der Waals surface area contributed by atoms with Gasteiger partial charge >= 0.3 is 0 Å². The molecule has 10 heavy (non-hydrogen) atoms. The molecule has 4 atom stereocenters. The highest BCUT2D eigenvalue weighted by Crippen LogP contribution is 2.29. The fourth-order valence-corrected chi connectivity index (χ4v) is 1.55. The van der Waals surface area contributed by atoms with Crippen LogP contribution >= 0.6 is 0 Å². The van der Waals surface area contributed by atoms with Gasteiger partial charge in [-0.2, -0.15) is 0 Å². The molecule has 0 radical (unpaired) electrons. The molecule has 0 aromatic heterocycles. The monoisotopic (exact) mass is 142 g/mol. The van der Waals surface area contributed by atoms with Crippen molar-refractivity contribution in [3.63, 3.8) is 0 Å². The molecule has 1 aliphatic heterocycles. The second-order valence-electron chi connectivity index (χ2n) is 3.73. The molecular formula is C9H18O. The standard InChI is InChI=1S/C9H18O/c1-6-5-10-9(4)8(3)7(6)2/h6-9H,5H2,1-4H3/t6-,7?,8-,9?/m0/s1. The second kappa shape index (κ2) is 2.91. The summed E-state index contributed by atoms with van der Waals surface area (Å²) in [6.07, 6.45) is 0.464. The average molecular weight is 142 g/mol. The molecular weight excluding hydrogens is 124 g/mol. The van der Waals surface area contributed by atoms with E-state index in [0.29, 0.717) is 6.10 Å². The van der Waals surface area contributed by atoms with Crippen molar-refractivity contribution in [2.45, 2.75) is 33.8 Å². The van der Waals surface area contributed by atoms with Gasteiger partial charge in [-0.25, -0.2) is 0 Å². The van der Waals surface area contributed by atoms with Gasteiger partial charge in [-0.15, -0.1) is 0 Å². The maximum atomic E-state index is 5.57. The first-order chi connectivity index (χ1) is 4.63. The Morgan fingerprint density at radius 2 is 1.60 bits per heavy atom. The van der Waals surface area contributed by atoms with Crippen molar-refractivity contribution in [3.05, 3.63) is 0 Å². The van der Waals surface area contributed by atoms with E-state index >= 15 is 0 Å². The Morgan fingerprint density at radius 1 is 1.00 bits per heavy atom. The van der Waals surface area contributed by atoms with Crippen LogP contribution in [0.15, 0.2) is 0 Å². The molecule has 1 saturated heterocycles. The lowest BCUT2D eigenvalue weighted by Crippen LogP contribution is -2.36. The SMILES string of the molecule is CC1OC[C@H](C)C(C)[C@@H]1C. The lowest BCUT2D eigenvalue weighted by atomic mass is 9.80. The Balaban J connectivity index is 2.52. The number of hydrogen-bond acceptors (Lipinski definition) is 1. The van der Waals surface area contributed by atoms with Crippen LogP contribution in [-0.2, 0) is 4.74 Å². The molecule has 60 valence electrons. The molecule has 1 nitrogen and oxygen atoms in total. The van der Waals surface area contributed by atoms with Crippen molar-refractivity contribution in [2.24, 2.45) is 17.8 Å². The largest absolute Gasteiger partial charge is 0.378 e. The second-order valence-corrected chi connectivity index (χ2v) is 3.73. The minimum Gasteiger partial charge on any atom is -0.378 e. The Kier molecular flexibility index (Phi) is 2.35. The summed E-state index contributed by atoms with van der Waals surface area (Å²) in [5.41, 5.74) is 0. The summed E-state index contributed by atoms with van der Waals surface area (Å²) in [6, 6.07) is 0. The first-order valence-corrected chi connectivity index (χ1v) is 4.24. The van der Waals surface area contributed by atoms with E-state index < -0.39 is 0 Å². The topological polar surface area (TPSA) is 9.23 Å². The molecule has 1 aliphatic rings. The van der Waals surface area contributed by atoms with Gasteiger partial charge in [-0.1, -0.05) is 20.8 Å². The third kappa shape index (κ3) is 1.34. The molecule has 0 aromatic carbocycles. The molecule has 0 saturated carbocycles. The van der Waals surface area contributed by atoms with Gasteiger partial charge in [0.1, 0.15) is 0 Å². The highest BCUT2D eigenvalue weighted by Gasteiger charge is 2.29. The van der Waals surface area contributed by atoms with Crippen LogP contribution in [0.1, 0.15) is 27.7 Å². The van der Waals surface area contributed by atoms with Gasteiger partial charge in [-0.05, 0) is 24.7 Å². The fraction of sp³-hybridized carbons (Fsp3) is 1.00. The summed E-state index contributed by atoms with van der Waals surface area (Å²) in [4.78, 5) is 0. The molecule has 0 aromatic rings. The van der Waals surface area contributed by atoms with E-state index in [1.54, 1.807) is 0 Å². The molecule has 0 spiro atoms. The quantitative estimate of drug-likeness (QED) is 0.504. The summed E-state index contributed by atoms with van der Waals surface area (Å²) in [7, 11) is 0. The molecule has 1 heterocycles. The number of ether oxygens (including phenoxy) is 1. The van der Waals surface area contributed by atoms with Crippen molar-refractivity contribution >= 4 is 0 Å². The fourth-order valence-electron chi connectivity index (χ4n) is 1.55. The van der Waals surface area contributed by atoms with Crippen LogP contribution in [0.2, 0.25) is 0 Å². The number of hydrogen-bond donors (Lipinski definition) is 0. The van der Waals surface area contributed by atoms with Crippen LogP contribution in [0, 0.1) is 17.8 Å². The summed E-state index contributed by atoms with van der Waals surface area (Å²) < 4.78 is 5.57. The lowest BCUT2D eigenvalue weighted by Gasteiger charge is -2.36. The van der Waals surface area contributed by atoms with Gasteiger partial charge in [-0.3, -0.25) is 0 Å². The maximum Gasteiger partial charge on any atom is 0.0575 e. The van der Waals surface area contributed by atoms with E-state index in [9.17, 15) is 0 Å². The van der Waals surface area contributed by atoms with Gasteiger partial charge in [0.05, 0.1) is 6.10 Å². The van der Waals surface area contributed by atoms with Crippen LogP contribution in [0.5, 0.6) is 0 Å². The highest BCUT2D eigenvalue weighted by atomic mass is 16.5. The Morgan fingerprint density at radius 3 is 2.10 bits per heavy atom. The zero-order valence-electron chi connectivity index (χ0n) is 7.42. The van der Waals surface area contributed by atoms with Crippen LogP contribution in [0.3, 0.4) is 0 Å². The van der Waals surface area contributed by atoms with Crippen LogP contribution in [0.4, 0.5) is 0 Å². The zero-order valence-corrected chi connectivity index (χ0v) is 7.42. The van der Waals surface area contributed by atoms with E-state index in [2.05, 4.69) is 27.7 Å². The lowest BCUT2D eigenvalue weighted by molar-refractivity contribution is -0.0661. The maximum absolute atomic E-state index is 5.57. The Bertz CT molecular complexity index is 97.3. The first-order valence-electron chi connectivity index (χ1n) is 4.24. The highest BCUT2D eigenvalue weighted by molar-refractivity contribution is 4.77. The molecule has 0 bridgehead atoms. The molecule has 0 N–H and O–H groups in total. The summed E-state index contributed by atoms with van der Waals surface area (Å²) in [5, 5.41) is 0. The summed E-state index contributed by atoms with van der Waals surface area (Å²) in [5.74, 6) is 2.29. The van der Waals surface area contributed by atoms with Crippen molar-refractivity contribution in [3.8, 4) is 0 Å². The predicted octanol–water partition coefficient (Wildman–Crippen LogP) is 2.31. The van der Waals surface area contributed by atoms with Crippen molar-refractivity contribution in [1.82, 2.24) is 0 Å². The first kappa shape index (κ1) is 8.06. The molecule has 1 fully saturated rings. The van der Waals surface area contributed by atoms with Gasteiger partial charge in [0.15, 0.2) is 0 Å². The van der Waals surface area contributed by atoms with Crippen LogP contribution in [-0.4, -0.2) is 12.7 Å². The van der Waals surface area contributed by atoms with Crippen molar-refractivity contribution in [1.29, 1.82) is 0 Å². The molecule has 1 rings (SSSR count). The van der Waals surface area contributed by atoms with Crippen molar-refractivity contribution in [2.75, 3.05) is 6.61 Å². The summed E-state index contributed by atoms with van der Waals surface area (Å²) in [6.45, 7) is 10.0. The molecule has 1 heteroatoms. The minimum absolute atomic E-state index is 0.464. The third-order valence-corrected chi connectivity index (χ3v) is 3.09. The smallest absolute Gasteiger partial charge is 0.0575 e. The van der Waals surface area contributed by atoms with Gasteiger partial charge in [0.25, 0.3) is 0 Å². The van der Waals surface area contributed by atoms with Gasteiger partial charge in [0.2, 0.25) is 0 Å². The van der Waals surface area contributed by atoms with Crippen LogP contribution in [0.25, 0.3) is 0 Å². The van der Waals surface area contributed by atoms with Gasteiger partial charge in [0, 0.05) is 6.61 Å². The van der Waals surface area contributed by atoms with E-state index in [-0.39, 0.29) is 0 Å². The van der Waals surface area contributed by atoms with E-state index in [1.165, 1.54) is 0 Å². The van der Waals surface area contributed by atoms with Crippen LogP contribution < -0.4 is 0 Å².